The zero-order chi connectivity index (χ0) is 15.8. The van der Waals surface area contributed by atoms with Gasteiger partial charge in [0.05, 0.1) is 6.10 Å². The maximum Gasteiger partial charge on any atom is 0.169 e. The second-order valence-electron chi connectivity index (χ2n) is 5.39. The molecular weight excluding hydrogens is 313 g/mol. The molecule has 2 atom stereocenters. The Balaban J connectivity index is 2.55. The SMILES string of the molecule is Cc1cc(N2CCSCC2S(C)(=O)=O)c(C(C)O)cc1F. The lowest BCUT2D eigenvalue weighted by molar-refractivity contribution is 0.199. The number of aliphatic hydroxyl groups excluding tert-OH is 1. The Morgan fingerprint density at radius 1 is 1.48 bits per heavy atom. The molecule has 0 amide bonds. The summed E-state index contributed by atoms with van der Waals surface area (Å²) in [6.45, 7) is 3.76. The Kier molecular flexibility index (Phi) is 4.85. The standard InChI is InChI=1S/C14H20FNO3S2/c1-9-6-13(11(10(2)17)7-12(9)15)16-4-5-20-8-14(16)21(3,18)19/h6-7,10,14,17H,4-5,8H2,1-3H3. The highest BCUT2D eigenvalue weighted by atomic mass is 32.2. The first-order valence-electron chi connectivity index (χ1n) is 6.73. The number of anilines is 1. The second-order valence-corrected chi connectivity index (χ2v) is 8.74. The predicted molar refractivity (Wildman–Crippen MR) is 85.1 cm³/mol. The van der Waals surface area contributed by atoms with Crippen LogP contribution in [0.1, 0.15) is 24.2 Å². The monoisotopic (exact) mass is 333 g/mol. The fraction of sp³-hybridized carbons (Fsp3) is 0.571. The molecule has 21 heavy (non-hydrogen) atoms. The molecule has 0 saturated carbocycles. The van der Waals surface area contributed by atoms with Crippen molar-refractivity contribution in [2.45, 2.75) is 25.3 Å². The number of halogens is 1. The fourth-order valence-corrected chi connectivity index (χ4v) is 5.31. The minimum absolute atomic E-state index is 0.392. The van der Waals surface area contributed by atoms with Crippen LogP contribution < -0.4 is 4.90 Å². The number of aliphatic hydroxyl groups is 1. The number of nitrogens with zero attached hydrogens (tertiary/aromatic N) is 1. The van der Waals surface area contributed by atoms with Crippen molar-refractivity contribution in [2.75, 3.05) is 29.2 Å². The van der Waals surface area contributed by atoms with Crippen molar-refractivity contribution in [3.05, 3.63) is 29.1 Å². The summed E-state index contributed by atoms with van der Waals surface area (Å²) in [5, 5.41) is 9.25. The average molecular weight is 333 g/mol. The van der Waals surface area contributed by atoms with Gasteiger partial charge in [-0.3, -0.25) is 0 Å². The number of hydrogen-bond acceptors (Lipinski definition) is 5. The van der Waals surface area contributed by atoms with Crippen LogP contribution in [0.2, 0.25) is 0 Å². The van der Waals surface area contributed by atoms with E-state index >= 15 is 0 Å². The van der Waals surface area contributed by atoms with E-state index < -0.39 is 27.1 Å². The lowest BCUT2D eigenvalue weighted by atomic mass is 10.0. The van der Waals surface area contributed by atoms with Crippen molar-refractivity contribution in [3.63, 3.8) is 0 Å². The zero-order valence-electron chi connectivity index (χ0n) is 12.3. The molecule has 7 heteroatoms. The number of hydrogen-bond donors (Lipinski definition) is 1. The molecule has 0 radical (unpaired) electrons. The summed E-state index contributed by atoms with van der Waals surface area (Å²) >= 11 is 1.59. The fourth-order valence-electron chi connectivity index (χ4n) is 2.48. The first-order valence-corrected chi connectivity index (χ1v) is 9.84. The molecule has 0 bridgehead atoms. The van der Waals surface area contributed by atoms with E-state index in [0.717, 1.165) is 5.75 Å². The van der Waals surface area contributed by atoms with Crippen LogP contribution in [0, 0.1) is 12.7 Å². The summed E-state index contributed by atoms with van der Waals surface area (Å²) in [7, 11) is -3.26. The highest BCUT2D eigenvalue weighted by Crippen LogP contribution is 2.34. The summed E-state index contributed by atoms with van der Waals surface area (Å²) in [5.41, 5.74) is 1.48. The third-order valence-corrected chi connectivity index (χ3v) is 6.29. The minimum atomic E-state index is -3.26. The molecule has 2 unspecified atom stereocenters. The molecule has 1 N–H and O–H groups in total. The first-order chi connectivity index (χ1) is 9.71. The van der Waals surface area contributed by atoms with E-state index in [1.54, 1.807) is 36.6 Å². The molecule has 1 aromatic carbocycles. The molecule has 1 heterocycles. The van der Waals surface area contributed by atoms with Crippen LogP contribution in [-0.4, -0.2) is 43.2 Å². The van der Waals surface area contributed by atoms with Crippen molar-refractivity contribution in [3.8, 4) is 0 Å². The largest absolute Gasteiger partial charge is 0.389 e. The van der Waals surface area contributed by atoms with Gasteiger partial charge in [-0.1, -0.05) is 0 Å². The molecule has 1 fully saturated rings. The summed E-state index contributed by atoms with van der Waals surface area (Å²) in [5.74, 6) is 0.896. The van der Waals surface area contributed by atoms with Crippen LogP contribution in [0.3, 0.4) is 0 Å². The van der Waals surface area contributed by atoms with Gasteiger partial charge in [-0.05, 0) is 31.5 Å². The third-order valence-electron chi connectivity index (χ3n) is 3.65. The topological polar surface area (TPSA) is 57.6 Å². The van der Waals surface area contributed by atoms with Gasteiger partial charge in [-0.15, -0.1) is 0 Å². The average Bonchev–Trinajstić information content (AvgIpc) is 2.40. The Morgan fingerprint density at radius 3 is 2.71 bits per heavy atom. The van der Waals surface area contributed by atoms with Gasteiger partial charge in [0, 0.05) is 35.6 Å². The number of thioether (sulfide) groups is 1. The normalized spacial score (nSPS) is 21.4. The zero-order valence-corrected chi connectivity index (χ0v) is 14.0. The number of sulfone groups is 1. The molecule has 0 aromatic heterocycles. The van der Waals surface area contributed by atoms with E-state index in [-0.39, 0.29) is 0 Å². The summed E-state index contributed by atoms with van der Waals surface area (Å²) in [4.78, 5) is 1.78. The van der Waals surface area contributed by atoms with E-state index in [2.05, 4.69) is 0 Å². The molecule has 1 aromatic rings. The molecule has 1 aliphatic rings. The van der Waals surface area contributed by atoms with E-state index in [1.165, 1.54) is 12.3 Å². The van der Waals surface area contributed by atoms with Crippen LogP contribution in [-0.2, 0) is 9.84 Å². The Hall–Kier alpha value is -0.790. The molecule has 0 spiro atoms. The smallest absolute Gasteiger partial charge is 0.169 e. The van der Waals surface area contributed by atoms with Crippen molar-refractivity contribution in [2.24, 2.45) is 0 Å². The molecular formula is C14H20FNO3S2. The number of rotatable bonds is 3. The van der Waals surface area contributed by atoms with Crippen molar-refractivity contribution in [1.82, 2.24) is 0 Å². The van der Waals surface area contributed by atoms with Crippen LogP contribution in [0.5, 0.6) is 0 Å². The van der Waals surface area contributed by atoms with E-state index in [9.17, 15) is 17.9 Å². The molecule has 0 aliphatic carbocycles. The van der Waals surface area contributed by atoms with Gasteiger partial charge >= 0.3 is 0 Å². The van der Waals surface area contributed by atoms with Crippen LogP contribution in [0.4, 0.5) is 10.1 Å². The second kappa shape index (κ2) is 6.14. The quantitative estimate of drug-likeness (QED) is 0.918. The molecule has 1 aliphatic heterocycles. The van der Waals surface area contributed by atoms with Gasteiger partial charge in [0.15, 0.2) is 9.84 Å². The molecule has 118 valence electrons. The molecule has 2 rings (SSSR count). The Bertz CT molecular complexity index is 631. The summed E-state index contributed by atoms with van der Waals surface area (Å²) in [6.07, 6.45) is 0.361. The summed E-state index contributed by atoms with van der Waals surface area (Å²) in [6, 6.07) is 2.93. The lowest BCUT2D eigenvalue weighted by Crippen LogP contribution is -2.47. The van der Waals surface area contributed by atoms with Crippen LogP contribution >= 0.6 is 11.8 Å². The van der Waals surface area contributed by atoms with E-state index in [1.807, 2.05) is 0 Å². The van der Waals surface area contributed by atoms with Gasteiger partial charge in [0.1, 0.15) is 11.2 Å². The van der Waals surface area contributed by atoms with Gasteiger partial charge < -0.3 is 10.0 Å². The van der Waals surface area contributed by atoms with Gasteiger partial charge in [-0.2, -0.15) is 11.8 Å². The van der Waals surface area contributed by atoms with Crippen molar-refractivity contribution >= 4 is 27.3 Å². The third kappa shape index (κ3) is 3.52. The van der Waals surface area contributed by atoms with Crippen LogP contribution in [0.25, 0.3) is 0 Å². The molecule has 1 saturated heterocycles. The first kappa shape index (κ1) is 16.6. The maximum absolute atomic E-state index is 13.8. The number of benzene rings is 1. The lowest BCUT2D eigenvalue weighted by Gasteiger charge is -2.37. The molecule has 4 nitrogen and oxygen atoms in total. The Morgan fingerprint density at radius 2 is 2.14 bits per heavy atom. The van der Waals surface area contributed by atoms with E-state index in [4.69, 9.17) is 0 Å². The Labute approximate surface area is 129 Å². The number of aryl methyl sites for hydroxylation is 1. The van der Waals surface area contributed by atoms with Gasteiger partial charge in [0.2, 0.25) is 0 Å². The van der Waals surface area contributed by atoms with Gasteiger partial charge in [0.25, 0.3) is 0 Å². The highest BCUT2D eigenvalue weighted by molar-refractivity contribution is 8.01. The van der Waals surface area contributed by atoms with Gasteiger partial charge in [-0.25, -0.2) is 12.8 Å². The minimum Gasteiger partial charge on any atom is -0.389 e. The summed E-state index contributed by atoms with van der Waals surface area (Å²) < 4.78 is 37.8. The van der Waals surface area contributed by atoms with Crippen molar-refractivity contribution < 1.29 is 17.9 Å². The highest BCUT2D eigenvalue weighted by Gasteiger charge is 2.33. The van der Waals surface area contributed by atoms with E-state index in [0.29, 0.717) is 29.1 Å². The predicted octanol–water partition coefficient (Wildman–Crippen LogP) is 2.11. The maximum atomic E-state index is 13.8. The van der Waals surface area contributed by atoms with Crippen molar-refractivity contribution in [1.29, 1.82) is 0 Å². The van der Waals surface area contributed by atoms with Crippen LogP contribution in [0.15, 0.2) is 12.1 Å².